The summed E-state index contributed by atoms with van der Waals surface area (Å²) >= 11 is 4.42. The van der Waals surface area contributed by atoms with E-state index in [2.05, 4.69) is 20.7 Å². The highest BCUT2D eigenvalue weighted by Gasteiger charge is 2.19. The smallest absolute Gasteiger partial charge is 0.241 e. The molecule has 0 amide bonds. The molecule has 1 unspecified atom stereocenters. The molecule has 1 heterocycles. The molecule has 0 fully saturated rings. The van der Waals surface area contributed by atoms with Gasteiger partial charge in [-0.1, -0.05) is 0 Å². The van der Waals surface area contributed by atoms with Gasteiger partial charge < -0.3 is 5.11 Å². The van der Waals surface area contributed by atoms with Gasteiger partial charge in [0, 0.05) is 11.0 Å². The third-order valence-corrected chi connectivity index (χ3v) is 5.68. The van der Waals surface area contributed by atoms with Crippen molar-refractivity contribution in [2.45, 2.75) is 11.0 Å². The summed E-state index contributed by atoms with van der Waals surface area (Å²) in [5.41, 5.74) is 0.649. The van der Waals surface area contributed by atoms with E-state index in [1.807, 2.05) is 0 Å². The van der Waals surface area contributed by atoms with Crippen LogP contribution in [0.25, 0.3) is 0 Å². The Kier molecular flexibility index (Phi) is 4.92. The number of aliphatic hydroxyl groups is 1. The number of aliphatic hydroxyl groups excluding tert-OH is 1. The van der Waals surface area contributed by atoms with E-state index in [1.54, 1.807) is 16.8 Å². The molecule has 0 aliphatic heterocycles. The van der Waals surface area contributed by atoms with E-state index in [0.29, 0.717) is 5.56 Å². The standard InChI is InChI=1S/C12H11BrFNO3S2/c13-10-5-9(14)1-2-12(10)20(17,18)15-6-11(16)8-3-4-19-7-8/h1-5,7,11,15-16H,6H2. The molecule has 108 valence electrons. The molecule has 2 N–H and O–H groups in total. The van der Waals surface area contributed by atoms with Crippen molar-refractivity contribution in [3.63, 3.8) is 0 Å². The Morgan fingerprint density at radius 1 is 1.40 bits per heavy atom. The van der Waals surface area contributed by atoms with Gasteiger partial charge in [0.15, 0.2) is 0 Å². The highest BCUT2D eigenvalue weighted by atomic mass is 79.9. The summed E-state index contributed by atoms with van der Waals surface area (Å²) in [6.07, 6.45) is -0.921. The van der Waals surface area contributed by atoms with E-state index in [4.69, 9.17) is 0 Å². The normalized spacial score (nSPS) is 13.3. The van der Waals surface area contributed by atoms with Gasteiger partial charge in [0.2, 0.25) is 10.0 Å². The van der Waals surface area contributed by atoms with Gasteiger partial charge in [0.1, 0.15) is 5.82 Å². The van der Waals surface area contributed by atoms with Gasteiger partial charge in [-0.25, -0.2) is 17.5 Å². The lowest BCUT2D eigenvalue weighted by Crippen LogP contribution is -2.28. The molecule has 2 rings (SSSR count). The van der Waals surface area contributed by atoms with E-state index in [0.717, 1.165) is 12.1 Å². The van der Waals surface area contributed by atoms with Crippen molar-refractivity contribution in [3.8, 4) is 0 Å². The van der Waals surface area contributed by atoms with Crippen LogP contribution in [0.15, 0.2) is 44.4 Å². The Balaban J connectivity index is 2.11. The predicted molar refractivity (Wildman–Crippen MR) is 78.6 cm³/mol. The highest BCUT2D eigenvalue weighted by molar-refractivity contribution is 9.10. The van der Waals surface area contributed by atoms with E-state index in [-0.39, 0.29) is 15.9 Å². The van der Waals surface area contributed by atoms with Crippen molar-refractivity contribution in [2.24, 2.45) is 0 Å². The van der Waals surface area contributed by atoms with Gasteiger partial charge in [-0.15, -0.1) is 0 Å². The topological polar surface area (TPSA) is 66.4 Å². The minimum atomic E-state index is -3.81. The molecule has 0 radical (unpaired) electrons. The molecule has 0 spiro atoms. The first kappa shape index (κ1) is 15.6. The van der Waals surface area contributed by atoms with Crippen molar-refractivity contribution in [2.75, 3.05) is 6.54 Å². The van der Waals surface area contributed by atoms with Crippen LogP contribution in [0.1, 0.15) is 11.7 Å². The lowest BCUT2D eigenvalue weighted by molar-refractivity contribution is 0.182. The van der Waals surface area contributed by atoms with Gasteiger partial charge >= 0.3 is 0 Å². The van der Waals surface area contributed by atoms with Crippen LogP contribution < -0.4 is 4.72 Å². The third-order valence-electron chi connectivity index (χ3n) is 2.58. The van der Waals surface area contributed by atoms with Crippen molar-refractivity contribution in [1.82, 2.24) is 4.72 Å². The van der Waals surface area contributed by atoms with Crippen LogP contribution in [-0.4, -0.2) is 20.1 Å². The fraction of sp³-hybridized carbons (Fsp3) is 0.167. The van der Waals surface area contributed by atoms with E-state index >= 15 is 0 Å². The summed E-state index contributed by atoms with van der Waals surface area (Å²) in [6, 6.07) is 5.02. The molecule has 0 bridgehead atoms. The molecule has 1 atom stereocenters. The number of benzene rings is 1. The van der Waals surface area contributed by atoms with Gasteiger partial charge in [-0.2, -0.15) is 11.3 Å². The Bertz CT molecular complexity index is 689. The van der Waals surface area contributed by atoms with Gasteiger partial charge in [0.05, 0.1) is 11.0 Å². The molecule has 20 heavy (non-hydrogen) atoms. The second kappa shape index (κ2) is 6.31. The SMILES string of the molecule is O=S(=O)(NCC(O)c1ccsc1)c1ccc(F)cc1Br. The highest BCUT2D eigenvalue weighted by Crippen LogP contribution is 2.23. The van der Waals surface area contributed by atoms with Gasteiger partial charge in [-0.3, -0.25) is 0 Å². The number of halogens is 2. The zero-order chi connectivity index (χ0) is 14.8. The summed E-state index contributed by atoms with van der Waals surface area (Å²) in [7, 11) is -3.81. The van der Waals surface area contributed by atoms with Crippen molar-refractivity contribution in [3.05, 3.63) is 50.9 Å². The second-order valence-corrected chi connectivity index (χ2v) is 7.37. The number of sulfonamides is 1. The van der Waals surface area contributed by atoms with Gasteiger partial charge in [-0.05, 0) is 56.5 Å². The van der Waals surface area contributed by atoms with Crippen LogP contribution in [-0.2, 0) is 10.0 Å². The predicted octanol–water partition coefficient (Wildman–Crippen LogP) is 2.66. The molecule has 0 aliphatic rings. The fourth-order valence-electron chi connectivity index (χ4n) is 1.54. The molecule has 0 saturated heterocycles. The molecule has 1 aromatic carbocycles. The minimum Gasteiger partial charge on any atom is -0.387 e. The lowest BCUT2D eigenvalue weighted by Gasteiger charge is -2.12. The number of hydrogen-bond donors (Lipinski definition) is 2. The van der Waals surface area contributed by atoms with Crippen LogP contribution in [0.2, 0.25) is 0 Å². The lowest BCUT2D eigenvalue weighted by atomic mass is 10.2. The van der Waals surface area contributed by atoms with Crippen LogP contribution in [0.5, 0.6) is 0 Å². The number of rotatable bonds is 5. The average Bonchev–Trinajstić information content (AvgIpc) is 2.89. The van der Waals surface area contributed by atoms with Gasteiger partial charge in [0.25, 0.3) is 0 Å². The maximum Gasteiger partial charge on any atom is 0.241 e. The summed E-state index contributed by atoms with van der Waals surface area (Å²) in [5.74, 6) is -0.533. The van der Waals surface area contributed by atoms with E-state index in [1.165, 1.54) is 17.4 Å². The zero-order valence-electron chi connectivity index (χ0n) is 10.1. The number of hydrogen-bond acceptors (Lipinski definition) is 4. The molecule has 2 aromatic rings. The summed E-state index contributed by atoms with van der Waals surface area (Å²) in [6.45, 7) is -0.150. The first-order chi connectivity index (χ1) is 9.40. The van der Waals surface area contributed by atoms with Crippen molar-refractivity contribution >= 4 is 37.3 Å². The molecule has 8 heteroatoms. The average molecular weight is 380 g/mol. The van der Waals surface area contributed by atoms with Crippen LogP contribution in [0, 0.1) is 5.82 Å². The summed E-state index contributed by atoms with van der Waals surface area (Å²) < 4.78 is 39.5. The van der Waals surface area contributed by atoms with E-state index in [9.17, 15) is 17.9 Å². The molecular weight excluding hydrogens is 369 g/mol. The molecule has 0 aliphatic carbocycles. The second-order valence-electron chi connectivity index (χ2n) is 4.00. The monoisotopic (exact) mass is 379 g/mol. The Morgan fingerprint density at radius 2 is 2.15 bits per heavy atom. The maximum absolute atomic E-state index is 13.0. The largest absolute Gasteiger partial charge is 0.387 e. The van der Waals surface area contributed by atoms with Crippen molar-refractivity contribution in [1.29, 1.82) is 0 Å². The number of thiophene rings is 1. The number of nitrogens with one attached hydrogen (secondary N) is 1. The van der Waals surface area contributed by atoms with Crippen LogP contribution >= 0.6 is 27.3 Å². The molecule has 1 aromatic heterocycles. The molecule has 4 nitrogen and oxygen atoms in total. The quantitative estimate of drug-likeness (QED) is 0.838. The minimum absolute atomic E-state index is 0.0728. The fourth-order valence-corrected chi connectivity index (χ4v) is 4.33. The molecule has 0 saturated carbocycles. The van der Waals surface area contributed by atoms with Crippen LogP contribution in [0.3, 0.4) is 0 Å². The van der Waals surface area contributed by atoms with Crippen molar-refractivity contribution < 1.29 is 17.9 Å². The molecular formula is C12H11BrFNO3S2. The van der Waals surface area contributed by atoms with Crippen LogP contribution in [0.4, 0.5) is 4.39 Å². The maximum atomic E-state index is 13.0. The zero-order valence-corrected chi connectivity index (χ0v) is 13.3. The van der Waals surface area contributed by atoms with E-state index < -0.39 is 21.9 Å². The Morgan fingerprint density at radius 3 is 2.75 bits per heavy atom. The summed E-state index contributed by atoms with van der Waals surface area (Å²) in [4.78, 5) is -0.0728. The first-order valence-electron chi connectivity index (χ1n) is 5.55. The third kappa shape index (κ3) is 3.64. The summed E-state index contributed by atoms with van der Waals surface area (Å²) in [5, 5.41) is 13.4. The Labute approximate surface area is 128 Å². The Hall–Kier alpha value is -0.800. The first-order valence-corrected chi connectivity index (χ1v) is 8.77.